The van der Waals surface area contributed by atoms with E-state index in [1.54, 1.807) is 6.92 Å². The number of nitrogens with zero attached hydrogens (tertiary/aromatic N) is 1. The summed E-state index contributed by atoms with van der Waals surface area (Å²) in [5.41, 5.74) is 0.911. The molecule has 7 heteroatoms. The summed E-state index contributed by atoms with van der Waals surface area (Å²) in [6.07, 6.45) is 2.66. The lowest BCUT2D eigenvalue weighted by molar-refractivity contribution is 0.0696. The lowest BCUT2D eigenvalue weighted by Crippen LogP contribution is -2.10. The molecule has 1 N–H and O–H groups in total. The molecule has 1 rings (SSSR count). The molecular weight excluding hydrogens is 270 g/mol. The maximum atomic E-state index is 11.7. The number of rotatable bonds is 5. The third-order valence-corrected chi connectivity index (χ3v) is 3.84. The Hall–Kier alpha value is -1.89. The van der Waals surface area contributed by atoms with Crippen molar-refractivity contribution in [1.29, 1.82) is 0 Å². The van der Waals surface area contributed by atoms with Crippen molar-refractivity contribution in [3.8, 4) is 0 Å². The molecule has 0 aliphatic rings. The quantitative estimate of drug-likeness (QED) is 0.649. The Bertz CT molecular complexity index is 619. The van der Waals surface area contributed by atoms with Crippen LogP contribution in [0.3, 0.4) is 0 Å². The van der Waals surface area contributed by atoms with Gasteiger partial charge in [-0.3, -0.25) is 0 Å². The molecule has 0 heterocycles. The molecule has 1 aromatic carbocycles. The molecule has 0 bridgehead atoms. The molecule has 0 atom stereocenters. The number of carboxylic acid groups (broad SMARTS) is 1. The predicted octanol–water partition coefficient (Wildman–Crippen LogP) is 1.27. The highest BCUT2D eigenvalue weighted by Gasteiger charge is 2.19. The van der Waals surface area contributed by atoms with E-state index in [-0.39, 0.29) is 16.9 Å². The second-order valence-corrected chi connectivity index (χ2v) is 5.95. The molecule has 104 valence electrons. The molecule has 0 aliphatic carbocycles. The third-order valence-electron chi connectivity index (χ3n) is 2.66. The zero-order valence-corrected chi connectivity index (χ0v) is 11.7. The van der Waals surface area contributed by atoms with Gasteiger partial charge >= 0.3 is 5.97 Å². The largest absolute Gasteiger partial charge is 0.478 e. The average Bonchev–Trinajstić information content (AvgIpc) is 2.29. The molecule has 0 saturated carbocycles. The molecule has 0 amide bonds. The van der Waals surface area contributed by atoms with Gasteiger partial charge in [-0.2, -0.15) is 0 Å². The Labute approximate surface area is 111 Å². The van der Waals surface area contributed by atoms with E-state index < -0.39 is 15.8 Å². The zero-order chi connectivity index (χ0) is 14.6. The van der Waals surface area contributed by atoms with Gasteiger partial charge in [0.1, 0.15) is 7.11 Å². The number of oxime groups is 1. The number of carboxylic acids is 1. The summed E-state index contributed by atoms with van der Waals surface area (Å²) in [6.45, 7) is 1.58. The van der Waals surface area contributed by atoms with Crippen LogP contribution in [-0.2, 0) is 21.1 Å². The minimum Gasteiger partial charge on any atom is -0.478 e. The van der Waals surface area contributed by atoms with Crippen molar-refractivity contribution in [1.82, 2.24) is 0 Å². The zero-order valence-electron chi connectivity index (χ0n) is 10.9. The van der Waals surface area contributed by atoms with Gasteiger partial charge in [0.2, 0.25) is 0 Å². The number of hydrogen-bond acceptors (Lipinski definition) is 5. The standard InChI is InChI=1S/C12H15NO5S/c1-8-9(6-7-13-18-2)11(19(3,16)17)5-4-10(8)12(14)15/h4-5,7H,6H2,1-3H3,(H,14,15). The van der Waals surface area contributed by atoms with Crippen molar-refractivity contribution in [2.45, 2.75) is 18.2 Å². The van der Waals surface area contributed by atoms with Gasteiger partial charge in [0.05, 0.1) is 10.5 Å². The van der Waals surface area contributed by atoms with E-state index in [0.717, 1.165) is 6.26 Å². The van der Waals surface area contributed by atoms with Crippen LogP contribution in [0.4, 0.5) is 0 Å². The summed E-state index contributed by atoms with van der Waals surface area (Å²) in [4.78, 5) is 15.7. The first-order chi connectivity index (χ1) is 8.79. The van der Waals surface area contributed by atoms with Crippen molar-refractivity contribution in [3.63, 3.8) is 0 Å². The lowest BCUT2D eigenvalue weighted by atomic mass is 10.0. The van der Waals surface area contributed by atoms with Crippen LogP contribution in [0.15, 0.2) is 22.2 Å². The molecule has 0 fully saturated rings. The summed E-state index contributed by atoms with van der Waals surface area (Å²) in [5, 5.41) is 12.6. The fraction of sp³-hybridized carbons (Fsp3) is 0.333. The molecule has 0 aliphatic heterocycles. The fourth-order valence-electron chi connectivity index (χ4n) is 1.77. The average molecular weight is 285 g/mol. The molecule has 0 unspecified atom stereocenters. The van der Waals surface area contributed by atoms with Crippen molar-refractivity contribution in [2.75, 3.05) is 13.4 Å². The first-order valence-corrected chi connectivity index (χ1v) is 7.29. The van der Waals surface area contributed by atoms with Crippen LogP contribution >= 0.6 is 0 Å². The van der Waals surface area contributed by atoms with E-state index in [1.807, 2.05) is 0 Å². The number of benzene rings is 1. The molecule has 0 aromatic heterocycles. The monoisotopic (exact) mass is 285 g/mol. The van der Waals surface area contributed by atoms with Crippen LogP contribution in [0.2, 0.25) is 0 Å². The number of sulfone groups is 1. The van der Waals surface area contributed by atoms with Gasteiger partial charge in [0.25, 0.3) is 0 Å². The SMILES string of the molecule is CON=CCc1c(S(C)(=O)=O)ccc(C(=O)O)c1C. The van der Waals surface area contributed by atoms with Gasteiger partial charge < -0.3 is 9.94 Å². The number of hydrogen-bond donors (Lipinski definition) is 1. The summed E-state index contributed by atoms with van der Waals surface area (Å²) in [7, 11) is -2.06. The van der Waals surface area contributed by atoms with Gasteiger partial charge in [-0.05, 0) is 30.2 Å². The number of carbonyl (C=O) groups is 1. The highest BCUT2D eigenvalue weighted by Crippen LogP contribution is 2.23. The van der Waals surface area contributed by atoms with Crippen LogP contribution in [0.1, 0.15) is 21.5 Å². The summed E-state index contributed by atoms with van der Waals surface area (Å²) in [6, 6.07) is 2.60. The van der Waals surface area contributed by atoms with Gasteiger partial charge in [-0.1, -0.05) is 5.16 Å². The minimum atomic E-state index is -3.43. The van der Waals surface area contributed by atoms with E-state index in [1.165, 1.54) is 25.5 Å². The minimum absolute atomic E-state index is 0.0771. The lowest BCUT2D eigenvalue weighted by Gasteiger charge is -2.11. The number of aromatic carboxylic acids is 1. The van der Waals surface area contributed by atoms with Crippen molar-refractivity contribution >= 4 is 22.0 Å². The highest BCUT2D eigenvalue weighted by molar-refractivity contribution is 7.90. The van der Waals surface area contributed by atoms with Gasteiger partial charge in [-0.15, -0.1) is 0 Å². The van der Waals surface area contributed by atoms with Crippen LogP contribution in [0, 0.1) is 6.92 Å². The first kappa shape index (κ1) is 15.2. The molecule has 0 radical (unpaired) electrons. The Morgan fingerprint density at radius 2 is 2.11 bits per heavy atom. The Morgan fingerprint density at radius 3 is 2.58 bits per heavy atom. The fourth-order valence-corrected chi connectivity index (χ4v) is 2.77. The van der Waals surface area contributed by atoms with E-state index >= 15 is 0 Å². The molecule has 0 spiro atoms. The Morgan fingerprint density at radius 1 is 1.47 bits per heavy atom. The van der Waals surface area contributed by atoms with Crippen LogP contribution in [0.25, 0.3) is 0 Å². The Kier molecular flexibility index (Phi) is 4.66. The summed E-state index contributed by atoms with van der Waals surface area (Å²) >= 11 is 0. The topological polar surface area (TPSA) is 93.0 Å². The molecule has 0 saturated heterocycles. The van der Waals surface area contributed by atoms with Crippen molar-refractivity contribution in [3.05, 3.63) is 28.8 Å². The maximum absolute atomic E-state index is 11.7. The van der Waals surface area contributed by atoms with Crippen molar-refractivity contribution in [2.24, 2.45) is 5.16 Å². The summed E-state index contributed by atoms with van der Waals surface area (Å²) < 4.78 is 23.4. The van der Waals surface area contributed by atoms with E-state index in [9.17, 15) is 13.2 Å². The van der Waals surface area contributed by atoms with E-state index in [2.05, 4.69) is 9.99 Å². The normalized spacial score (nSPS) is 11.7. The van der Waals surface area contributed by atoms with Crippen LogP contribution in [-0.4, -0.2) is 39.1 Å². The second-order valence-electron chi connectivity index (χ2n) is 3.97. The van der Waals surface area contributed by atoms with Crippen LogP contribution in [0.5, 0.6) is 0 Å². The molecule has 6 nitrogen and oxygen atoms in total. The first-order valence-electron chi connectivity index (χ1n) is 5.39. The molecule has 19 heavy (non-hydrogen) atoms. The smallest absolute Gasteiger partial charge is 0.335 e. The predicted molar refractivity (Wildman–Crippen MR) is 70.5 cm³/mol. The highest BCUT2D eigenvalue weighted by atomic mass is 32.2. The molecule has 1 aromatic rings. The van der Waals surface area contributed by atoms with Crippen LogP contribution < -0.4 is 0 Å². The molecular formula is C12H15NO5S. The van der Waals surface area contributed by atoms with Crippen molar-refractivity contribution < 1.29 is 23.2 Å². The van der Waals surface area contributed by atoms with E-state index in [4.69, 9.17) is 5.11 Å². The summed E-state index contributed by atoms with van der Waals surface area (Å²) in [5.74, 6) is -1.09. The van der Waals surface area contributed by atoms with Gasteiger partial charge in [0, 0.05) is 18.9 Å². The van der Waals surface area contributed by atoms with Gasteiger partial charge in [0.15, 0.2) is 9.84 Å². The third kappa shape index (κ3) is 3.54. The Balaban J connectivity index is 3.46. The second kappa shape index (κ2) is 5.83. The maximum Gasteiger partial charge on any atom is 0.335 e. The van der Waals surface area contributed by atoms with Gasteiger partial charge in [-0.25, -0.2) is 13.2 Å². The van der Waals surface area contributed by atoms with E-state index in [0.29, 0.717) is 11.1 Å².